The Morgan fingerprint density at radius 1 is 1.21 bits per heavy atom. The summed E-state index contributed by atoms with van der Waals surface area (Å²) in [5, 5.41) is 6.47. The van der Waals surface area contributed by atoms with Gasteiger partial charge in [-0.3, -0.25) is 14.5 Å². The summed E-state index contributed by atoms with van der Waals surface area (Å²) in [6, 6.07) is 8.02. The highest BCUT2D eigenvalue weighted by molar-refractivity contribution is 7.89. The first-order valence-corrected chi connectivity index (χ1v) is 10.3. The van der Waals surface area contributed by atoms with Gasteiger partial charge in [-0.2, -0.15) is 5.10 Å². The Hall–Kier alpha value is -2.82. The minimum Gasteiger partial charge on any atom is -0.345 e. The number of pyridine rings is 1. The lowest BCUT2D eigenvalue weighted by molar-refractivity contribution is 0.0945. The van der Waals surface area contributed by atoms with E-state index in [9.17, 15) is 17.6 Å². The molecule has 0 fully saturated rings. The van der Waals surface area contributed by atoms with E-state index in [4.69, 9.17) is 11.6 Å². The zero-order valence-corrected chi connectivity index (χ0v) is 16.8. The predicted molar refractivity (Wildman–Crippen MR) is 104 cm³/mol. The minimum absolute atomic E-state index is 0.0543. The zero-order valence-electron chi connectivity index (χ0n) is 15.3. The van der Waals surface area contributed by atoms with Gasteiger partial charge in [0.1, 0.15) is 11.5 Å². The molecule has 0 bridgehead atoms. The van der Waals surface area contributed by atoms with Crippen LogP contribution in [0.25, 0.3) is 0 Å². The summed E-state index contributed by atoms with van der Waals surface area (Å²) in [6.45, 7) is 0.250. The second-order valence-electron chi connectivity index (χ2n) is 6.08. The molecule has 29 heavy (non-hydrogen) atoms. The predicted octanol–water partition coefficient (Wildman–Crippen LogP) is 2.02. The first-order chi connectivity index (χ1) is 13.8. The van der Waals surface area contributed by atoms with Crippen LogP contribution in [-0.4, -0.2) is 29.1 Å². The van der Waals surface area contributed by atoms with Crippen molar-refractivity contribution < 1.29 is 17.6 Å². The van der Waals surface area contributed by atoms with E-state index in [1.54, 1.807) is 30.1 Å². The molecule has 0 aliphatic rings. The van der Waals surface area contributed by atoms with Crippen LogP contribution in [0.4, 0.5) is 4.39 Å². The molecule has 3 rings (SSSR count). The lowest BCUT2D eigenvalue weighted by Gasteiger charge is -2.08. The number of aromatic nitrogens is 3. The van der Waals surface area contributed by atoms with Crippen molar-refractivity contribution in [1.82, 2.24) is 24.8 Å². The number of nitrogens with one attached hydrogen (secondary N) is 2. The number of nitrogens with zero attached hydrogens (tertiary/aromatic N) is 3. The van der Waals surface area contributed by atoms with Gasteiger partial charge >= 0.3 is 0 Å². The van der Waals surface area contributed by atoms with Crippen LogP contribution in [0.15, 0.2) is 53.7 Å². The summed E-state index contributed by atoms with van der Waals surface area (Å²) >= 11 is 5.63. The zero-order chi connectivity index (χ0) is 21.0. The second kappa shape index (κ2) is 8.68. The van der Waals surface area contributed by atoms with E-state index in [2.05, 4.69) is 20.1 Å². The number of carbonyl (C=O) groups excluding carboxylic acids is 1. The van der Waals surface area contributed by atoms with Gasteiger partial charge in [-0.15, -0.1) is 0 Å². The van der Waals surface area contributed by atoms with Crippen LogP contribution < -0.4 is 10.0 Å². The van der Waals surface area contributed by atoms with E-state index in [-0.39, 0.29) is 28.1 Å². The topological polar surface area (TPSA) is 106 Å². The third-order valence-corrected chi connectivity index (χ3v) is 5.77. The van der Waals surface area contributed by atoms with Gasteiger partial charge in [0.15, 0.2) is 0 Å². The molecule has 0 aliphatic carbocycles. The molecule has 2 N–H and O–H groups in total. The number of sulfonamides is 1. The van der Waals surface area contributed by atoms with Crippen LogP contribution in [-0.2, 0) is 30.2 Å². The van der Waals surface area contributed by atoms with E-state index in [1.165, 1.54) is 12.3 Å². The van der Waals surface area contributed by atoms with Crippen molar-refractivity contribution in [2.75, 3.05) is 0 Å². The Labute approximate surface area is 171 Å². The van der Waals surface area contributed by atoms with E-state index < -0.39 is 15.8 Å². The first kappa shape index (κ1) is 20.9. The fraction of sp³-hybridized carbons (Fsp3) is 0.167. The molecule has 1 amide bonds. The van der Waals surface area contributed by atoms with Crippen molar-refractivity contribution >= 4 is 27.5 Å². The molecule has 0 saturated carbocycles. The highest BCUT2D eigenvalue weighted by Crippen LogP contribution is 2.19. The molecular weight excluding hydrogens is 421 g/mol. The maximum atomic E-state index is 13.2. The molecule has 0 spiro atoms. The average Bonchev–Trinajstić information content (AvgIpc) is 3.12. The molecule has 1 aromatic carbocycles. The van der Waals surface area contributed by atoms with Gasteiger partial charge in [0.2, 0.25) is 10.0 Å². The van der Waals surface area contributed by atoms with Gasteiger partial charge in [0.05, 0.1) is 22.2 Å². The molecule has 3 aromatic rings. The maximum Gasteiger partial charge on any atom is 0.270 e. The summed E-state index contributed by atoms with van der Waals surface area (Å²) in [5.41, 5.74) is 1.58. The van der Waals surface area contributed by atoms with E-state index in [0.29, 0.717) is 12.1 Å². The fourth-order valence-corrected chi connectivity index (χ4v) is 3.69. The van der Waals surface area contributed by atoms with Crippen LogP contribution in [0.1, 0.15) is 21.7 Å². The number of amides is 1. The smallest absolute Gasteiger partial charge is 0.270 e. The number of rotatable bonds is 7. The highest BCUT2D eigenvalue weighted by Gasteiger charge is 2.16. The summed E-state index contributed by atoms with van der Waals surface area (Å²) < 4.78 is 41.8. The number of carbonyl (C=O) groups is 1. The molecule has 0 atom stereocenters. The molecule has 2 aromatic heterocycles. The van der Waals surface area contributed by atoms with Gasteiger partial charge in [-0.05, 0) is 35.9 Å². The number of hydrogen-bond acceptors (Lipinski definition) is 5. The van der Waals surface area contributed by atoms with Gasteiger partial charge in [-0.1, -0.05) is 17.7 Å². The van der Waals surface area contributed by atoms with Gasteiger partial charge in [0, 0.05) is 26.0 Å². The lowest BCUT2D eigenvalue weighted by Crippen LogP contribution is -2.25. The Morgan fingerprint density at radius 2 is 2.00 bits per heavy atom. The normalized spacial score (nSPS) is 11.4. The number of hydrogen-bond donors (Lipinski definition) is 2. The summed E-state index contributed by atoms with van der Waals surface area (Å²) in [6.07, 6.45) is 3.04. The monoisotopic (exact) mass is 437 g/mol. The van der Waals surface area contributed by atoms with Crippen LogP contribution >= 0.6 is 11.6 Å². The molecule has 0 radical (unpaired) electrons. The SMILES string of the molecule is Cn1nccc1CNC(=O)c1ccc(CNS(=O)(=O)c2ccc(F)c(Cl)c2)cn1. The number of halogens is 2. The second-order valence-corrected chi connectivity index (χ2v) is 8.26. The largest absolute Gasteiger partial charge is 0.345 e. The molecule has 2 heterocycles. The minimum atomic E-state index is -3.88. The van der Waals surface area contributed by atoms with Crippen LogP contribution in [0.3, 0.4) is 0 Å². The third kappa shape index (κ3) is 5.17. The fourth-order valence-electron chi connectivity index (χ4n) is 2.41. The number of benzene rings is 1. The van der Waals surface area contributed by atoms with E-state index >= 15 is 0 Å². The van der Waals surface area contributed by atoms with E-state index in [0.717, 1.165) is 23.9 Å². The van der Waals surface area contributed by atoms with Crippen LogP contribution in [0, 0.1) is 5.82 Å². The maximum absolute atomic E-state index is 13.2. The standard InChI is InChI=1S/C18H17ClFN5O3S/c1-25-13(6-7-23-25)11-22-18(26)17-5-2-12(9-21-17)10-24-29(27,28)14-3-4-16(20)15(19)8-14/h2-9,24H,10-11H2,1H3,(H,22,26). The van der Waals surface area contributed by atoms with Crippen LogP contribution in [0.5, 0.6) is 0 Å². The summed E-state index contributed by atoms with van der Waals surface area (Å²) in [5.74, 6) is -1.06. The summed E-state index contributed by atoms with van der Waals surface area (Å²) in [4.78, 5) is 16.1. The molecular formula is C18H17ClFN5O3S. The Morgan fingerprint density at radius 3 is 2.62 bits per heavy atom. The molecule has 152 valence electrons. The number of aryl methyl sites for hydroxylation is 1. The van der Waals surface area contributed by atoms with Crippen molar-refractivity contribution in [3.05, 3.63) is 76.6 Å². The molecule has 11 heteroatoms. The Bertz CT molecular complexity index is 1130. The molecule has 0 unspecified atom stereocenters. The van der Waals surface area contributed by atoms with Gasteiger partial charge in [-0.25, -0.2) is 17.5 Å². The van der Waals surface area contributed by atoms with Gasteiger partial charge in [0.25, 0.3) is 5.91 Å². The van der Waals surface area contributed by atoms with Gasteiger partial charge < -0.3 is 5.32 Å². The Balaban J connectivity index is 1.59. The van der Waals surface area contributed by atoms with Crippen molar-refractivity contribution in [3.63, 3.8) is 0 Å². The molecule has 0 saturated heterocycles. The summed E-state index contributed by atoms with van der Waals surface area (Å²) in [7, 11) is -2.11. The van der Waals surface area contributed by atoms with Crippen LogP contribution in [0.2, 0.25) is 5.02 Å². The molecule has 0 aliphatic heterocycles. The van der Waals surface area contributed by atoms with Crippen molar-refractivity contribution in [3.8, 4) is 0 Å². The Kier molecular flexibility index (Phi) is 6.26. The van der Waals surface area contributed by atoms with Crippen molar-refractivity contribution in [1.29, 1.82) is 0 Å². The average molecular weight is 438 g/mol. The third-order valence-electron chi connectivity index (χ3n) is 4.08. The van der Waals surface area contributed by atoms with Crippen molar-refractivity contribution in [2.24, 2.45) is 7.05 Å². The lowest BCUT2D eigenvalue weighted by atomic mass is 10.2. The van der Waals surface area contributed by atoms with E-state index in [1.807, 2.05) is 0 Å². The first-order valence-electron chi connectivity index (χ1n) is 8.41. The van der Waals surface area contributed by atoms with Crippen molar-refractivity contribution in [2.45, 2.75) is 18.0 Å². The highest BCUT2D eigenvalue weighted by atomic mass is 35.5. The quantitative estimate of drug-likeness (QED) is 0.588. The molecule has 8 nitrogen and oxygen atoms in total.